The molecule has 3 aromatic rings. The molecule has 7 heteroatoms. The number of esters is 1. The summed E-state index contributed by atoms with van der Waals surface area (Å²) in [4.78, 5) is 23.5. The molecule has 2 aromatic carbocycles. The first-order chi connectivity index (χ1) is 16.0. The minimum atomic E-state index is -0.151. The summed E-state index contributed by atoms with van der Waals surface area (Å²) in [6, 6.07) is 15.6. The molecule has 2 heterocycles. The first kappa shape index (κ1) is 23.2. The summed E-state index contributed by atoms with van der Waals surface area (Å²) < 4.78 is 11.0. The highest BCUT2D eigenvalue weighted by atomic mass is 35.5. The molecule has 1 unspecified atom stereocenters. The molecule has 0 saturated carbocycles. The lowest BCUT2D eigenvalue weighted by molar-refractivity contribution is -0.144. The smallest absolute Gasteiger partial charge is 0.307 e. The Hall–Kier alpha value is -2.96. The SMILES string of the molecule is CCOC(=O)CC(C)N1CCc2nc(-c3ccc(OCc4cccc(Cl)c4)cc3)ncc2C1. The van der Waals surface area contributed by atoms with Crippen molar-refractivity contribution in [2.24, 2.45) is 0 Å². The minimum Gasteiger partial charge on any atom is -0.489 e. The van der Waals surface area contributed by atoms with Gasteiger partial charge < -0.3 is 9.47 Å². The van der Waals surface area contributed by atoms with Crippen LogP contribution in [0.2, 0.25) is 5.02 Å². The van der Waals surface area contributed by atoms with Crippen molar-refractivity contribution >= 4 is 17.6 Å². The monoisotopic (exact) mass is 465 g/mol. The lowest BCUT2D eigenvalue weighted by Gasteiger charge is -2.32. The number of aromatic nitrogens is 2. The summed E-state index contributed by atoms with van der Waals surface area (Å²) in [7, 11) is 0. The van der Waals surface area contributed by atoms with Gasteiger partial charge in [-0.1, -0.05) is 23.7 Å². The van der Waals surface area contributed by atoms with Gasteiger partial charge in [-0.15, -0.1) is 0 Å². The second kappa shape index (κ2) is 10.8. The molecular formula is C26H28ClN3O3. The van der Waals surface area contributed by atoms with Gasteiger partial charge in [0.15, 0.2) is 5.82 Å². The van der Waals surface area contributed by atoms with Gasteiger partial charge in [0.2, 0.25) is 0 Å². The van der Waals surface area contributed by atoms with Gasteiger partial charge in [0.05, 0.1) is 18.7 Å². The molecular weight excluding hydrogens is 438 g/mol. The van der Waals surface area contributed by atoms with Gasteiger partial charge >= 0.3 is 5.97 Å². The van der Waals surface area contributed by atoms with Crippen molar-refractivity contribution in [1.82, 2.24) is 14.9 Å². The van der Waals surface area contributed by atoms with Gasteiger partial charge in [-0.3, -0.25) is 9.69 Å². The van der Waals surface area contributed by atoms with Gasteiger partial charge in [-0.05, 0) is 55.8 Å². The van der Waals surface area contributed by atoms with E-state index in [1.807, 2.05) is 61.7 Å². The zero-order valence-corrected chi connectivity index (χ0v) is 19.7. The summed E-state index contributed by atoms with van der Waals surface area (Å²) in [5.74, 6) is 1.34. The average Bonchev–Trinajstić information content (AvgIpc) is 2.82. The molecule has 0 fully saturated rings. The van der Waals surface area contributed by atoms with Crippen molar-refractivity contribution in [2.45, 2.75) is 45.9 Å². The topological polar surface area (TPSA) is 64.5 Å². The number of hydrogen-bond acceptors (Lipinski definition) is 6. The molecule has 0 aliphatic carbocycles. The number of carbonyl (C=O) groups is 1. The van der Waals surface area contributed by atoms with Crippen LogP contribution in [0.5, 0.6) is 5.75 Å². The zero-order valence-electron chi connectivity index (χ0n) is 19.0. The lowest BCUT2D eigenvalue weighted by Crippen LogP contribution is -2.39. The van der Waals surface area contributed by atoms with E-state index in [4.69, 9.17) is 26.1 Å². The molecule has 1 atom stereocenters. The first-order valence-corrected chi connectivity index (χ1v) is 11.6. The maximum absolute atomic E-state index is 11.8. The number of ether oxygens (including phenoxy) is 2. The Bertz CT molecular complexity index is 1100. The standard InChI is InChI=1S/C26H28ClN3O3/c1-3-32-25(31)13-18(2)30-12-11-24-21(16-30)15-28-26(29-24)20-7-9-23(10-8-20)33-17-19-5-4-6-22(27)14-19/h4-10,14-15,18H,3,11-13,16-17H2,1-2H3. The van der Waals surface area contributed by atoms with Crippen molar-refractivity contribution in [3.05, 3.63) is 76.6 Å². The number of benzene rings is 2. The Labute approximate surface area is 199 Å². The molecule has 0 amide bonds. The fourth-order valence-corrected chi connectivity index (χ4v) is 4.15. The van der Waals surface area contributed by atoms with E-state index < -0.39 is 0 Å². The molecule has 33 heavy (non-hydrogen) atoms. The van der Waals surface area contributed by atoms with Crippen LogP contribution in [-0.4, -0.2) is 40.0 Å². The predicted molar refractivity (Wildman–Crippen MR) is 128 cm³/mol. The number of rotatable bonds is 8. The van der Waals surface area contributed by atoms with E-state index >= 15 is 0 Å². The van der Waals surface area contributed by atoms with Crippen molar-refractivity contribution in [3.8, 4) is 17.1 Å². The molecule has 172 valence electrons. The number of fused-ring (bicyclic) bond motifs is 1. The lowest BCUT2D eigenvalue weighted by atomic mass is 10.0. The van der Waals surface area contributed by atoms with Gasteiger partial charge in [-0.2, -0.15) is 0 Å². The second-order valence-corrected chi connectivity index (χ2v) is 8.62. The van der Waals surface area contributed by atoms with Crippen LogP contribution in [-0.2, 0) is 29.1 Å². The normalized spacial score (nSPS) is 14.4. The largest absolute Gasteiger partial charge is 0.489 e. The van der Waals surface area contributed by atoms with E-state index in [-0.39, 0.29) is 12.0 Å². The molecule has 0 radical (unpaired) electrons. The van der Waals surface area contributed by atoms with Gasteiger partial charge in [0, 0.05) is 47.9 Å². The molecule has 1 aliphatic heterocycles. The van der Waals surface area contributed by atoms with Crippen molar-refractivity contribution in [2.75, 3.05) is 13.2 Å². The third-order valence-corrected chi connectivity index (χ3v) is 6.00. The Morgan fingerprint density at radius 3 is 2.79 bits per heavy atom. The van der Waals surface area contributed by atoms with Gasteiger partial charge in [-0.25, -0.2) is 9.97 Å². The summed E-state index contributed by atoms with van der Waals surface area (Å²) in [5.41, 5.74) is 4.16. The maximum Gasteiger partial charge on any atom is 0.307 e. The van der Waals surface area contributed by atoms with E-state index in [2.05, 4.69) is 16.8 Å². The van der Waals surface area contributed by atoms with E-state index in [0.29, 0.717) is 30.5 Å². The summed E-state index contributed by atoms with van der Waals surface area (Å²) >= 11 is 6.03. The molecule has 0 saturated heterocycles. The predicted octanol–water partition coefficient (Wildman–Crippen LogP) is 5.08. The Morgan fingerprint density at radius 2 is 2.03 bits per heavy atom. The summed E-state index contributed by atoms with van der Waals surface area (Å²) in [6.45, 7) is 6.37. The van der Waals surface area contributed by atoms with Gasteiger partial charge in [0.25, 0.3) is 0 Å². The quantitative estimate of drug-likeness (QED) is 0.432. The van der Waals surface area contributed by atoms with E-state index in [9.17, 15) is 4.79 Å². The number of halogens is 1. The van der Waals surface area contributed by atoms with E-state index in [0.717, 1.165) is 47.6 Å². The number of hydrogen-bond donors (Lipinski definition) is 0. The third kappa shape index (κ3) is 6.09. The molecule has 4 rings (SSSR count). The Morgan fingerprint density at radius 1 is 1.21 bits per heavy atom. The maximum atomic E-state index is 11.8. The molecule has 6 nitrogen and oxygen atoms in total. The van der Waals surface area contributed by atoms with Crippen molar-refractivity contribution < 1.29 is 14.3 Å². The van der Waals surface area contributed by atoms with Crippen LogP contribution in [0.1, 0.15) is 37.1 Å². The van der Waals surface area contributed by atoms with Crippen LogP contribution in [0.25, 0.3) is 11.4 Å². The van der Waals surface area contributed by atoms with E-state index in [1.165, 1.54) is 0 Å². The molecule has 0 bridgehead atoms. The fraction of sp³-hybridized carbons (Fsp3) is 0.346. The van der Waals surface area contributed by atoms with Crippen LogP contribution < -0.4 is 4.74 Å². The van der Waals surface area contributed by atoms with Crippen LogP contribution in [0.4, 0.5) is 0 Å². The fourth-order valence-electron chi connectivity index (χ4n) is 3.94. The van der Waals surface area contributed by atoms with Crippen molar-refractivity contribution in [3.63, 3.8) is 0 Å². The summed E-state index contributed by atoms with van der Waals surface area (Å²) in [6.07, 6.45) is 3.14. The van der Waals surface area contributed by atoms with Crippen molar-refractivity contribution in [1.29, 1.82) is 0 Å². The zero-order chi connectivity index (χ0) is 23.2. The van der Waals surface area contributed by atoms with Gasteiger partial charge in [0.1, 0.15) is 12.4 Å². The molecule has 0 N–H and O–H groups in total. The average molecular weight is 466 g/mol. The highest BCUT2D eigenvalue weighted by Gasteiger charge is 2.24. The summed E-state index contributed by atoms with van der Waals surface area (Å²) in [5, 5.41) is 0.701. The molecule has 1 aromatic heterocycles. The molecule has 0 spiro atoms. The van der Waals surface area contributed by atoms with Crippen LogP contribution in [0, 0.1) is 0 Å². The Balaban J connectivity index is 1.37. The number of nitrogens with zero attached hydrogens (tertiary/aromatic N) is 3. The third-order valence-electron chi connectivity index (χ3n) is 5.76. The van der Waals surface area contributed by atoms with Crippen LogP contribution in [0.3, 0.4) is 0 Å². The highest BCUT2D eigenvalue weighted by molar-refractivity contribution is 6.30. The minimum absolute atomic E-state index is 0.122. The van der Waals surface area contributed by atoms with E-state index in [1.54, 1.807) is 0 Å². The Kier molecular flexibility index (Phi) is 7.57. The molecule has 1 aliphatic rings. The van der Waals surface area contributed by atoms with Crippen LogP contribution >= 0.6 is 11.6 Å². The highest BCUT2D eigenvalue weighted by Crippen LogP contribution is 2.25. The first-order valence-electron chi connectivity index (χ1n) is 11.2. The van der Waals surface area contributed by atoms with Crippen LogP contribution in [0.15, 0.2) is 54.7 Å². The number of carbonyl (C=O) groups excluding carboxylic acids is 1. The second-order valence-electron chi connectivity index (χ2n) is 8.19.